The van der Waals surface area contributed by atoms with Crippen LogP contribution in [0.5, 0.6) is 0 Å². The van der Waals surface area contributed by atoms with Crippen molar-refractivity contribution in [3.63, 3.8) is 0 Å². The van der Waals surface area contributed by atoms with Gasteiger partial charge in [0.05, 0.1) is 0 Å². The molecule has 0 aliphatic rings. The minimum Gasteiger partial charge on any atom is -0.870 e. The molecular weight excluding hydrogens is 119 g/mol. The number of hydrogen-bond acceptors (Lipinski definition) is 2. The van der Waals surface area contributed by atoms with Crippen LogP contribution in [0.2, 0.25) is 0 Å². The molecule has 0 saturated carbocycles. The fraction of sp³-hybridized carbons (Fsp3) is 0.750. The van der Waals surface area contributed by atoms with Crippen LogP contribution >= 0.6 is 0 Å². The van der Waals surface area contributed by atoms with Gasteiger partial charge in [0.2, 0.25) is 0 Å². The Bertz CT molecular complexity index is 30.9. The van der Waals surface area contributed by atoms with E-state index in [1.54, 1.807) is 0 Å². The summed E-state index contributed by atoms with van der Waals surface area (Å²) < 4.78 is 0. The van der Waals surface area contributed by atoms with Crippen LogP contribution in [-0.4, -0.2) is 11.8 Å². The van der Waals surface area contributed by atoms with Gasteiger partial charge in [0.1, 0.15) is 6.29 Å². The number of unbranched alkanes of at least 4 members (excludes halogenated alkanes) is 1. The van der Waals surface area contributed by atoms with Crippen LogP contribution in [0.3, 0.4) is 0 Å². The zero-order valence-corrected chi connectivity index (χ0v) is 7.97. The molecule has 0 aliphatic carbocycles. The second-order valence-corrected chi connectivity index (χ2v) is 0.955. The van der Waals surface area contributed by atoms with Gasteiger partial charge in [-0.1, -0.05) is 6.92 Å². The molecule has 38 valence electrons. The molecule has 0 atom stereocenters. The number of carbonyl (C=O) groups excluding carboxylic acids is 1. The summed E-state index contributed by atoms with van der Waals surface area (Å²) in [5.41, 5.74) is 0. The van der Waals surface area contributed by atoms with E-state index in [0.29, 0.717) is 6.42 Å². The molecule has 7 heavy (non-hydrogen) atoms. The van der Waals surface area contributed by atoms with Crippen LogP contribution in [-0.2, 0) is 4.79 Å². The van der Waals surface area contributed by atoms with Gasteiger partial charge in [-0.2, -0.15) is 0 Å². The number of carbonyl (C=O) groups is 1. The molecule has 0 heterocycles. The summed E-state index contributed by atoms with van der Waals surface area (Å²) in [4.78, 5) is 9.40. The van der Waals surface area contributed by atoms with Crippen molar-refractivity contribution >= 4 is 6.29 Å². The Balaban J connectivity index is -0.0000000800. The van der Waals surface area contributed by atoms with E-state index in [1.165, 1.54) is 0 Å². The summed E-state index contributed by atoms with van der Waals surface area (Å²) in [5, 5.41) is 0. The van der Waals surface area contributed by atoms with Crippen LogP contribution in [0, 0.1) is 0 Å². The Labute approximate surface area is 86.4 Å². The van der Waals surface area contributed by atoms with Gasteiger partial charge in [0.25, 0.3) is 0 Å². The molecule has 0 aliphatic heterocycles. The van der Waals surface area contributed by atoms with Crippen molar-refractivity contribution in [1.29, 1.82) is 0 Å². The van der Waals surface area contributed by atoms with Crippen LogP contribution in [0.1, 0.15) is 19.8 Å². The van der Waals surface area contributed by atoms with Crippen LogP contribution in [0.4, 0.5) is 0 Å². The maximum atomic E-state index is 9.40. The zero-order chi connectivity index (χ0) is 4.12. The number of hydrogen-bond donors (Lipinski definition) is 0. The minimum atomic E-state index is 0. The van der Waals surface area contributed by atoms with Crippen molar-refractivity contribution in [3.05, 3.63) is 0 Å². The van der Waals surface area contributed by atoms with Gasteiger partial charge in [-0.25, -0.2) is 0 Å². The van der Waals surface area contributed by atoms with E-state index in [2.05, 4.69) is 0 Å². The molecule has 0 amide bonds. The van der Waals surface area contributed by atoms with Crippen molar-refractivity contribution in [2.24, 2.45) is 0 Å². The quantitative estimate of drug-likeness (QED) is 0.313. The smallest absolute Gasteiger partial charge is 0.870 e. The van der Waals surface area contributed by atoms with Gasteiger partial charge in [-0.05, 0) is 6.42 Å². The molecule has 0 rings (SSSR count). The topological polar surface area (TPSA) is 47.1 Å². The largest absolute Gasteiger partial charge is 1.00 e. The third kappa shape index (κ3) is 18.9. The van der Waals surface area contributed by atoms with E-state index < -0.39 is 0 Å². The third-order valence-electron chi connectivity index (χ3n) is 0.407. The van der Waals surface area contributed by atoms with Gasteiger partial charge in [0.15, 0.2) is 0 Å². The van der Waals surface area contributed by atoms with E-state index >= 15 is 0 Å². The molecule has 3 heteroatoms. The molecule has 0 aromatic rings. The van der Waals surface area contributed by atoms with Crippen LogP contribution in [0.15, 0.2) is 0 Å². The Morgan fingerprint density at radius 1 is 1.57 bits per heavy atom. The normalized spacial score (nSPS) is 5.29. The molecule has 0 radical (unpaired) electrons. The first-order valence-corrected chi connectivity index (χ1v) is 1.85. The van der Waals surface area contributed by atoms with E-state index in [1.807, 2.05) is 6.92 Å². The second-order valence-electron chi connectivity index (χ2n) is 0.955. The minimum absolute atomic E-state index is 0. The van der Waals surface area contributed by atoms with Gasteiger partial charge in [-0.15, -0.1) is 0 Å². The Morgan fingerprint density at radius 2 is 2.00 bits per heavy atom. The third-order valence-corrected chi connectivity index (χ3v) is 0.407. The summed E-state index contributed by atoms with van der Waals surface area (Å²) in [6, 6.07) is 0. The zero-order valence-electron chi connectivity index (χ0n) is 4.85. The van der Waals surface area contributed by atoms with Gasteiger partial charge in [0, 0.05) is 6.42 Å². The molecule has 0 saturated heterocycles. The van der Waals surface area contributed by atoms with Crippen LogP contribution < -0.4 is 51.4 Å². The average molecular weight is 128 g/mol. The molecule has 0 aromatic heterocycles. The molecule has 2 nitrogen and oxygen atoms in total. The summed E-state index contributed by atoms with van der Waals surface area (Å²) >= 11 is 0. The fourth-order valence-corrected chi connectivity index (χ4v) is 0.118. The Kier molecular flexibility index (Phi) is 35.2. The van der Waals surface area contributed by atoms with Crippen molar-refractivity contribution in [3.8, 4) is 0 Å². The van der Waals surface area contributed by atoms with Crippen molar-refractivity contribution in [2.45, 2.75) is 19.8 Å². The predicted octanol–water partition coefficient (Wildman–Crippen LogP) is -2.19. The Hall–Kier alpha value is 1.27. The maximum Gasteiger partial charge on any atom is 1.00 e. The average Bonchev–Trinajstić information content (AvgIpc) is 1.41. The second kappa shape index (κ2) is 15.7. The molecule has 0 aromatic carbocycles. The molecule has 1 N–H and O–H groups in total. The van der Waals surface area contributed by atoms with Crippen molar-refractivity contribution in [2.75, 3.05) is 0 Å². The Morgan fingerprint density at radius 3 is 2.00 bits per heavy atom. The number of rotatable bonds is 2. The first kappa shape index (κ1) is 15.7. The monoisotopic (exact) mass is 128 g/mol. The molecule has 0 fully saturated rings. The predicted molar refractivity (Wildman–Crippen MR) is 22.9 cm³/mol. The van der Waals surface area contributed by atoms with Crippen molar-refractivity contribution < 1.29 is 61.7 Å². The SMILES string of the molecule is CCCC=O.[K+].[OH-]. The molecule has 0 spiro atoms. The van der Waals surface area contributed by atoms with E-state index in [9.17, 15) is 4.79 Å². The summed E-state index contributed by atoms with van der Waals surface area (Å²) in [6.07, 6.45) is 2.61. The molecule has 0 bridgehead atoms. The number of aldehydes is 1. The summed E-state index contributed by atoms with van der Waals surface area (Å²) in [7, 11) is 0. The summed E-state index contributed by atoms with van der Waals surface area (Å²) in [6.45, 7) is 1.98. The first-order chi connectivity index (χ1) is 2.41. The van der Waals surface area contributed by atoms with E-state index in [-0.39, 0.29) is 56.9 Å². The fourth-order valence-electron chi connectivity index (χ4n) is 0.118. The van der Waals surface area contributed by atoms with E-state index in [4.69, 9.17) is 0 Å². The van der Waals surface area contributed by atoms with Crippen LogP contribution in [0.25, 0.3) is 0 Å². The molecular formula is C4H9KO2. The van der Waals surface area contributed by atoms with Crippen molar-refractivity contribution in [1.82, 2.24) is 0 Å². The molecule has 0 unspecified atom stereocenters. The maximum absolute atomic E-state index is 9.40. The standard InChI is InChI=1S/C4H8O.K.H2O/c1-2-3-4-5;;/h4H,2-3H2,1H3;;1H2/q;+1;/p-1. The first-order valence-electron chi connectivity index (χ1n) is 1.85. The van der Waals surface area contributed by atoms with Gasteiger partial charge < -0.3 is 10.3 Å². The summed E-state index contributed by atoms with van der Waals surface area (Å²) in [5.74, 6) is 0. The van der Waals surface area contributed by atoms with Gasteiger partial charge in [-0.3, -0.25) is 0 Å². The van der Waals surface area contributed by atoms with Gasteiger partial charge >= 0.3 is 51.4 Å². The van der Waals surface area contributed by atoms with E-state index in [0.717, 1.165) is 12.7 Å².